The maximum Gasteiger partial charge on any atom is 0.273 e. The van der Waals surface area contributed by atoms with Gasteiger partial charge in [0, 0.05) is 6.42 Å². The summed E-state index contributed by atoms with van der Waals surface area (Å²) in [5.41, 5.74) is 5.07. The van der Waals surface area contributed by atoms with Gasteiger partial charge in [-0.05, 0) is 59.9 Å². The lowest BCUT2D eigenvalue weighted by Crippen LogP contribution is -2.42. The van der Waals surface area contributed by atoms with Crippen molar-refractivity contribution in [2.24, 2.45) is 17.8 Å². The summed E-state index contributed by atoms with van der Waals surface area (Å²) >= 11 is 0. The van der Waals surface area contributed by atoms with E-state index in [-0.39, 0.29) is 17.2 Å². The quantitative estimate of drug-likeness (QED) is 0.752. The van der Waals surface area contributed by atoms with E-state index in [1.54, 1.807) is 12.1 Å². The normalized spacial score (nSPS) is 24.4. The minimum Gasteiger partial charge on any atom is -0.507 e. The fourth-order valence-corrected chi connectivity index (χ4v) is 4.52. The van der Waals surface area contributed by atoms with E-state index in [1.807, 2.05) is 24.3 Å². The molecule has 0 aromatic heterocycles. The third kappa shape index (κ3) is 3.18. The Kier molecular flexibility index (Phi) is 4.07. The van der Waals surface area contributed by atoms with Gasteiger partial charge in [0.1, 0.15) is 5.75 Å². The summed E-state index contributed by atoms with van der Waals surface area (Å²) in [6.45, 7) is 0. The summed E-state index contributed by atoms with van der Waals surface area (Å²) in [4.78, 5) is 24.4. The van der Waals surface area contributed by atoms with Crippen LogP contribution in [-0.2, 0) is 4.79 Å². The number of rotatable bonds is 3. The number of carbonyl (C=O) groups excluding carboxylic acids is 2. The molecule has 2 bridgehead atoms. The monoisotopic (exact) mass is 338 g/mol. The largest absolute Gasteiger partial charge is 0.507 e. The SMILES string of the molecule is O=C(CC1CC2CCC1C2)NNC(=O)c1cc2ccccc2cc1O. The molecule has 2 saturated carbocycles. The average molecular weight is 338 g/mol. The van der Waals surface area contributed by atoms with Crippen molar-refractivity contribution in [3.05, 3.63) is 42.0 Å². The van der Waals surface area contributed by atoms with Crippen LogP contribution in [0, 0.1) is 17.8 Å². The van der Waals surface area contributed by atoms with Gasteiger partial charge in [0.25, 0.3) is 5.91 Å². The summed E-state index contributed by atoms with van der Waals surface area (Å²) in [5, 5.41) is 11.8. The Balaban J connectivity index is 1.37. The van der Waals surface area contributed by atoms with E-state index >= 15 is 0 Å². The van der Waals surface area contributed by atoms with Crippen LogP contribution in [0.15, 0.2) is 36.4 Å². The van der Waals surface area contributed by atoms with Gasteiger partial charge >= 0.3 is 0 Å². The van der Waals surface area contributed by atoms with Crippen molar-refractivity contribution in [3.63, 3.8) is 0 Å². The molecule has 3 atom stereocenters. The maximum atomic E-state index is 12.3. The Hall–Kier alpha value is -2.56. The zero-order chi connectivity index (χ0) is 17.4. The molecule has 2 aromatic rings. The fourth-order valence-electron chi connectivity index (χ4n) is 4.52. The Bertz CT molecular complexity index is 833. The van der Waals surface area contributed by atoms with E-state index in [0.717, 1.165) is 23.1 Å². The first-order valence-corrected chi connectivity index (χ1v) is 8.91. The van der Waals surface area contributed by atoms with Crippen LogP contribution in [0.4, 0.5) is 0 Å². The summed E-state index contributed by atoms with van der Waals surface area (Å²) in [6, 6.07) is 10.7. The number of amides is 2. The van der Waals surface area contributed by atoms with Gasteiger partial charge in [0.05, 0.1) is 5.56 Å². The summed E-state index contributed by atoms with van der Waals surface area (Å²) < 4.78 is 0. The van der Waals surface area contributed by atoms with Gasteiger partial charge in [-0.25, -0.2) is 0 Å². The van der Waals surface area contributed by atoms with E-state index in [2.05, 4.69) is 10.9 Å². The predicted molar refractivity (Wildman–Crippen MR) is 94.8 cm³/mol. The van der Waals surface area contributed by atoms with Crippen molar-refractivity contribution in [1.29, 1.82) is 0 Å². The van der Waals surface area contributed by atoms with Crippen molar-refractivity contribution in [2.45, 2.75) is 32.1 Å². The molecule has 2 aliphatic rings. The molecule has 3 N–H and O–H groups in total. The summed E-state index contributed by atoms with van der Waals surface area (Å²) in [6.07, 6.45) is 5.40. The molecule has 0 heterocycles. The smallest absolute Gasteiger partial charge is 0.273 e. The van der Waals surface area contributed by atoms with Crippen LogP contribution >= 0.6 is 0 Å². The highest BCUT2D eigenvalue weighted by Crippen LogP contribution is 2.49. The first-order chi connectivity index (χ1) is 12.1. The van der Waals surface area contributed by atoms with E-state index in [0.29, 0.717) is 18.3 Å². The van der Waals surface area contributed by atoms with Crippen LogP contribution in [0.1, 0.15) is 42.5 Å². The summed E-state index contributed by atoms with van der Waals surface area (Å²) in [7, 11) is 0. The first-order valence-electron chi connectivity index (χ1n) is 8.91. The van der Waals surface area contributed by atoms with Gasteiger partial charge in [0.2, 0.25) is 5.91 Å². The number of hydrogen-bond donors (Lipinski definition) is 3. The number of nitrogens with one attached hydrogen (secondary N) is 2. The highest BCUT2D eigenvalue weighted by atomic mass is 16.3. The summed E-state index contributed by atoms with van der Waals surface area (Å²) in [5.74, 6) is 1.15. The van der Waals surface area contributed by atoms with E-state index < -0.39 is 5.91 Å². The Labute approximate surface area is 146 Å². The Morgan fingerprint density at radius 2 is 1.80 bits per heavy atom. The number of aromatic hydroxyl groups is 1. The molecule has 5 nitrogen and oxygen atoms in total. The molecule has 25 heavy (non-hydrogen) atoms. The lowest BCUT2D eigenvalue weighted by atomic mass is 9.86. The molecule has 0 aliphatic heterocycles. The molecule has 0 radical (unpaired) electrons. The van der Waals surface area contributed by atoms with Crippen molar-refractivity contribution >= 4 is 22.6 Å². The number of hydrogen-bond acceptors (Lipinski definition) is 3. The standard InChI is InChI=1S/C20H22N2O3/c23-18-10-14-4-2-1-3-13(14)9-17(18)20(25)22-21-19(24)11-16-8-12-5-6-15(16)7-12/h1-4,9-10,12,15-16,23H,5-8,11H2,(H,21,24)(H,22,25). The number of phenolic OH excluding ortho intramolecular Hbond substituents is 1. The second-order valence-corrected chi connectivity index (χ2v) is 7.36. The molecular weight excluding hydrogens is 316 g/mol. The highest BCUT2D eigenvalue weighted by Gasteiger charge is 2.40. The molecule has 2 aromatic carbocycles. The molecule has 130 valence electrons. The van der Waals surface area contributed by atoms with Gasteiger partial charge in [-0.15, -0.1) is 0 Å². The average Bonchev–Trinajstić information content (AvgIpc) is 3.22. The molecule has 4 rings (SSSR count). The third-order valence-corrected chi connectivity index (χ3v) is 5.76. The van der Waals surface area contributed by atoms with E-state index in [4.69, 9.17) is 0 Å². The third-order valence-electron chi connectivity index (χ3n) is 5.76. The van der Waals surface area contributed by atoms with Crippen LogP contribution in [0.5, 0.6) is 5.75 Å². The van der Waals surface area contributed by atoms with Gasteiger partial charge < -0.3 is 5.11 Å². The van der Waals surface area contributed by atoms with Crippen molar-refractivity contribution in [3.8, 4) is 5.75 Å². The number of hydrazine groups is 1. The number of benzene rings is 2. The van der Waals surface area contributed by atoms with Gasteiger partial charge in [-0.3, -0.25) is 20.4 Å². The highest BCUT2D eigenvalue weighted by molar-refractivity contribution is 6.02. The minimum absolute atomic E-state index is 0.0986. The van der Waals surface area contributed by atoms with E-state index in [9.17, 15) is 14.7 Å². The lowest BCUT2D eigenvalue weighted by Gasteiger charge is -2.21. The fraction of sp³-hybridized carbons (Fsp3) is 0.400. The van der Waals surface area contributed by atoms with E-state index in [1.165, 1.54) is 19.3 Å². The zero-order valence-electron chi connectivity index (χ0n) is 14.0. The lowest BCUT2D eigenvalue weighted by molar-refractivity contribution is -0.123. The molecular formula is C20H22N2O3. The van der Waals surface area contributed by atoms with Crippen LogP contribution in [0.3, 0.4) is 0 Å². The predicted octanol–water partition coefficient (Wildman–Crippen LogP) is 3.13. The number of carbonyl (C=O) groups is 2. The Morgan fingerprint density at radius 1 is 1.04 bits per heavy atom. The van der Waals surface area contributed by atoms with Crippen molar-refractivity contribution < 1.29 is 14.7 Å². The molecule has 2 amide bonds. The van der Waals surface area contributed by atoms with Gasteiger partial charge in [-0.2, -0.15) is 0 Å². The van der Waals surface area contributed by atoms with Crippen molar-refractivity contribution in [1.82, 2.24) is 10.9 Å². The zero-order valence-corrected chi connectivity index (χ0v) is 14.0. The maximum absolute atomic E-state index is 12.3. The molecule has 3 unspecified atom stereocenters. The molecule has 0 spiro atoms. The minimum atomic E-state index is -0.510. The van der Waals surface area contributed by atoms with Crippen LogP contribution in [0.25, 0.3) is 10.8 Å². The molecule has 0 saturated heterocycles. The Morgan fingerprint density at radius 3 is 2.48 bits per heavy atom. The van der Waals surface area contributed by atoms with Gasteiger partial charge in [-0.1, -0.05) is 30.7 Å². The molecule has 2 fully saturated rings. The molecule has 5 heteroatoms. The second-order valence-electron chi connectivity index (χ2n) is 7.36. The topological polar surface area (TPSA) is 78.4 Å². The van der Waals surface area contributed by atoms with Crippen LogP contribution in [0.2, 0.25) is 0 Å². The number of phenols is 1. The van der Waals surface area contributed by atoms with Crippen LogP contribution in [-0.4, -0.2) is 16.9 Å². The van der Waals surface area contributed by atoms with Crippen molar-refractivity contribution in [2.75, 3.05) is 0 Å². The second kappa shape index (κ2) is 6.39. The first kappa shape index (κ1) is 15.9. The van der Waals surface area contributed by atoms with Crippen LogP contribution < -0.4 is 10.9 Å². The molecule has 2 aliphatic carbocycles. The number of fused-ring (bicyclic) bond motifs is 3. The van der Waals surface area contributed by atoms with Gasteiger partial charge in [0.15, 0.2) is 0 Å².